The van der Waals surface area contributed by atoms with Crippen LogP contribution in [0.4, 0.5) is 10.6 Å². The molecule has 2 aromatic rings. The van der Waals surface area contributed by atoms with Crippen molar-refractivity contribution in [2.24, 2.45) is 7.05 Å². The summed E-state index contributed by atoms with van der Waals surface area (Å²) in [5, 5.41) is 9.85. The Kier molecular flexibility index (Phi) is 5.10. The van der Waals surface area contributed by atoms with Gasteiger partial charge in [-0.2, -0.15) is 5.10 Å². The van der Waals surface area contributed by atoms with Gasteiger partial charge in [0.1, 0.15) is 17.3 Å². The minimum Gasteiger partial charge on any atom is -0.497 e. The van der Waals surface area contributed by atoms with Crippen LogP contribution in [0.25, 0.3) is 0 Å². The number of hydrogen-bond acceptors (Lipinski definition) is 4. The van der Waals surface area contributed by atoms with Gasteiger partial charge in [-0.15, -0.1) is 0 Å². The molecule has 2 amide bonds. The second kappa shape index (κ2) is 7.04. The molecule has 0 aliphatic carbocycles. The van der Waals surface area contributed by atoms with Crippen LogP contribution in [0.15, 0.2) is 24.3 Å². The molecule has 1 heterocycles. The molecular weight excluding hydrogens is 296 g/mol. The van der Waals surface area contributed by atoms with E-state index in [1.807, 2.05) is 32.0 Å². The van der Waals surface area contributed by atoms with Crippen LogP contribution in [0.5, 0.6) is 11.5 Å². The van der Waals surface area contributed by atoms with Gasteiger partial charge in [0.2, 0.25) is 0 Å². The highest BCUT2D eigenvalue weighted by molar-refractivity contribution is 5.88. The fourth-order valence-electron chi connectivity index (χ4n) is 2.33. The highest BCUT2D eigenvalue weighted by Gasteiger charge is 2.16. The average Bonchev–Trinajstić information content (AvgIpc) is 2.83. The zero-order chi connectivity index (χ0) is 17.0. The van der Waals surface area contributed by atoms with Crippen molar-refractivity contribution in [1.82, 2.24) is 15.1 Å². The Hall–Kier alpha value is -2.70. The van der Waals surface area contributed by atoms with Crippen molar-refractivity contribution in [3.05, 3.63) is 35.5 Å². The number of nitrogens with one attached hydrogen (secondary N) is 2. The van der Waals surface area contributed by atoms with E-state index in [0.29, 0.717) is 17.3 Å². The van der Waals surface area contributed by atoms with Gasteiger partial charge in [0.15, 0.2) is 0 Å². The zero-order valence-corrected chi connectivity index (χ0v) is 14.0. The second-order valence-electron chi connectivity index (χ2n) is 5.22. The highest BCUT2D eigenvalue weighted by atomic mass is 16.5. The summed E-state index contributed by atoms with van der Waals surface area (Å²) in [6, 6.07) is 6.70. The molecule has 0 unspecified atom stereocenters. The maximum Gasteiger partial charge on any atom is 0.320 e. The Labute approximate surface area is 135 Å². The lowest BCUT2D eigenvalue weighted by Crippen LogP contribution is -2.32. The van der Waals surface area contributed by atoms with E-state index < -0.39 is 0 Å². The Morgan fingerprint density at radius 3 is 2.57 bits per heavy atom. The summed E-state index contributed by atoms with van der Waals surface area (Å²) in [6.45, 7) is 3.75. The summed E-state index contributed by atoms with van der Waals surface area (Å²) in [7, 11) is 4.97. The lowest BCUT2D eigenvalue weighted by molar-refractivity contribution is 0.249. The predicted molar refractivity (Wildman–Crippen MR) is 88.1 cm³/mol. The molecule has 1 atom stereocenters. The SMILES string of the molecule is COc1ccc(OC)c([C@H](C)NC(=O)Nc2cc(C)nn2C)c1. The smallest absolute Gasteiger partial charge is 0.320 e. The Morgan fingerprint density at radius 1 is 1.26 bits per heavy atom. The lowest BCUT2D eigenvalue weighted by atomic mass is 10.1. The van der Waals surface area contributed by atoms with Gasteiger partial charge in [-0.25, -0.2) is 4.79 Å². The number of rotatable bonds is 5. The van der Waals surface area contributed by atoms with Crippen LogP contribution in [0.2, 0.25) is 0 Å². The molecule has 2 N–H and O–H groups in total. The van der Waals surface area contributed by atoms with E-state index in [2.05, 4.69) is 15.7 Å². The van der Waals surface area contributed by atoms with E-state index in [1.165, 1.54) is 0 Å². The van der Waals surface area contributed by atoms with Gasteiger partial charge in [0.25, 0.3) is 0 Å². The maximum atomic E-state index is 12.2. The monoisotopic (exact) mass is 318 g/mol. The number of hydrogen-bond donors (Lipinski definition) is 2. The van der Waals surface area contributed by atoms with E-state index in [4.69, 9.17) is 9.47 Å². The summed E-state index contributed by atoms with van der Waals surface area (Å²) in [5.74, 6) is 2.02. The summed E-state index contributed by atoms with van der Waals surface area (Å²) in [6.07, 6.45) is 0. The summed E-state index contributed by atoms with van der Waals surface area (Å²) in [5.41, 5.74) is 1.67. The number of urea groups is 1. The van der Waals surface area contributed by atoms with E-state index >= 15 is 0 Å². The van der Waals surface area contributed by atoms with E-state index in [1.54, 1.807) is 32.0 Å². The first kappa shape index (κ1) is 16.7. The van der Waals surface area contributed by atoms with Crippen LogP contribution in [-0.2, 0) is 7.05 Å². The van der Waals surface area contributed by atoms with Crippen molar-refractivity contribution in [1.29, 1.82) is 0 Å². The van der Waals surface area contributed by atoms with Crippen LogP contribution in [-0.4, -0.2) is 30.0 Å². The molecule has 0 saturated heterocycles. The third kappa shape index (κ3) is 3.94. The summed E-state index contributed by atoms with van der Waals surface area (Å²) in [4.78, 5) is 12.2. The van der Waals surface area contributed by atoms with Crippen molar-refractivity contribution in [2.45, 2.75) is 19.9 Å². The first-order chi connectivity index (χ1) is 10.9. The lowest BCUT2D eigenvalue weighted by Gasteiger charge is -2.18. The normalized spacial score (nSPS) is 11.7. The topological polar surface area (TPSA) is 77.4 Å². The van der Waals surface area contributed by atoms with Crippen molar-refractivity contribution in [3.8, 4) is 11.5 Å². The van der Waals surface area contributed by atoms with Gasteiger partial charge in [-0.3, -0.25) is 10.00 Å². The van der Waals surface area contributed by atoms with Gasteiger partial charge in [0.05, 0.1) is 26.0 Å². The highest BCUT2D eigenvalue weighted by Crippen LogP contribution is 2.29. The number of carbonyl (C=O) groups excluding carboxylic acids is 1. The standard InChI is InChI=1S/C16H22N4O3/c1-10-8-15(20(3)19-10)18-16(21)17-11(2)13-9-12(22-4)6-7-14(13)23-5/h6-9,11H,1-5H3,(H2,17,18,21)/t11-/m0/s1. The van der Waals surface area contributed by atoms with Crippen molar-refractivity contribution in [2.75, 3.05) is 19.5 Å². The maximum absolute atomic E-state index is 12.2. The molecule has 124 valence electrons. The Balaban J connectivity index is 2.10. The van der Waals surface area contributed by atoms with Crippen LogP contribution in [0, 0.1) is 6.92 Å². The molecule has 0 aliphatic heterocycles. The molecule has 1 aromatic heterocycles. The summed E-state index contributed by atoms with van der Waals surface area (Å²) < 4.78 is 12.2. The third-order valence-corrected chi connectivity index (χ3v) is 3.49. The van der Waals surface area contributed by atoms with Gasteiger partial charge in [0, 0.05) is 18.7 Å². The number of aryl methyl sites for hydroxylation is 2. The molecule has 7 nitrogen and oxygen atoms in total. The first-order valence-electron chi connectivity index (χ1n) is 7.24. The molecular formula is C16H22N4O3. The third-order valence-electron chi connectivity index (χ3n) is 3.49. The largest absolute Gasteiger partial charge is 0.497 e. The number of aromatic nitrogens is 2. The number of benzene rings is 1. The number of ether oxygens (including phenoxy) is 2. The number of methoxy groups -OCH3 is 2. The van der Waals surface area contributed by atoms with Crippen molar-refractivity contribution >= 4 is 11.8 Å². The molecule has 0 saturated carbocycles. The Bertz CT molecular complexity index is 697. The molecule has 0 fully saturated rings. The molecule has 23 heavy (non-hydrogen) atoms. The fourth-order valence-corrected chi connectivity index (χ4v) is 2.33. The molecule has 7 heteroatoms. The Morgan fingerprint density at radius 2 is 2.00 bits per heavy atom. The quantitative estimate of drug-likeness (QED) is 0.888. The van der Waals surface area contributed by atoms with Crippen LogP contribution in [0.3, 0.4) is 0 Å². The summed E-state index contributed by atoms with van der Waals surface area (Å²) >= 11 is 0. The molecule has 2 rings (SSSR count). The van der Waals surface area contributed by atoms with Crippen LogP contribution in [0.1, 0.15) is 24.2 Å². The zero-order valence-electron chi connectivity index (χ0n) is 14.0. The molecule has 0 bridgehead atoms. The average molecular weight is 318 g/mol. The van der Waals surface area contributed by atoms with Gasteiger partial charge < -0.3 is 14.8 Å². The van der Waals surface area contributed by atoms with Crippen molar-refractivity contribution in [3.63, 3.8) is 0 Å². The number of anilines is 1. The van der Waals surface area contributed by atoms with Crippen LogP contribution >= 0.6 is 0 Å². The van der Waals surface area contributed by atoms with E-state index in [9.17, 15) is 4.79 Å². The van der Waals surface area contributed by atoms with Gasteiger partial charge >= 0.3 is 6.03 Å². The second-order valence-corrected chi connectivity index (χ2v) is 5.22. The molecule has 0 radical (unpaired) electrons. The fraction of sp³-hybridized carbons (Fsp3) is 0.375. The molecule has 1 aromatic carbocycles. The first-order valence-corrected chi connectivity index (χ1v) is 7.24. The minimum atomic E-state index is -0.314. The van der Waals surface area contributed by atoms with Gasteiger partial charge in [-0.1, -0.05) is 0 Å². The number of carbonyl (C=O) groups is 1. The van der Waals surface area contributed by atoms with E-state index in [0.717, 1.165) is 11.3 Å². The molecule has 0 spiro atoms. The van der Waals surface area contributed by atoms with E-state index in [-0.39, 0.29) is 12.1 Å². The number of nitrogens with zero attached hydrogens (tertiary/aromatic N) is 2. The minimum absolute atomic E-state index is 0.255. The van der Waals surface area contributed by atoms with Crippen LogP contribution < -0.4 is 20.1 Å². The number of amides is 2. The predicted octanol–water partition coefficient (Wildman–Crippen LogP) is 2.63. The molecule has 0 aliphatic rings. The van der Waals surface area contributed by atoms with Crippen molar-refractivity contribution < 1.29 is 14.3 Å². The van der Waals surface area contributed by atoms with Gasteiger partial charge in [-0.05, 0) is 32.0 Å².